The van der Waals surface area contributed by atoms with Crippen LogP contribution in [0.4, 0.5) is 11.4 Å². The van der Waals surface area contributed by atoms with Crippen molar-refractivity contribution in [1.82, 2.24) is 0 Å². The minimum atomic E-state index is -0.198. The zero-order valence-corrected chi connectivity index (χ0v) is 16.5. The van der Waals surface area contributed by atoms with Crippen molar-refractivity contribution in [3.05, 3.63) is 76.8 Å². The van der Waals surface area contributed by atoms with Crippen LogP contribution in [0, 0.1) is 0 Å². The normalized spacial score (nSPS) is 11.9. The summed E-state index contributed by atoms with van der Waals surface area (Å²) in [6.07, 6.45) is 0. The van der Waals surface area contributed by atoms with Gasteiger partial charge in [0.25, 0.3) is 5.91 Å². The van der Waals surface area contributed by atoms with Crippen LogP contribution in [0.1, 0.15) is 10.4 Å². The maximum Gasteiger partial charge on any atom is 0.255 e. The summed E-state index contributed by atoms with van der Waals surface area (Å²) in [7, 11) is 0. The Labute approximate surface area is 169 Å². The van der Waals surface area contributed by atoms with Crippen LogP contribution in [-0.4, -0.2) is 12.7 Å². The van der Waals surface area contributed by atoms with Gasteiger partial charge in [0.1, 0.15) is 0 Å². The zero-order chi connectivity index (χ0) is 18.6. The van der Waals surface area contributed by atoms with Gasteiger partial charge in [-0.15, -0.1) is 0 Å². The average molecular weight is 443 g/mol. The molecule has 0 atom stereocenters. The molecular formula is C20H15BrN2O3S. The van der Waals surface area contributed by atoms with Gasteiger partial charge in [-0.1, -0.05) is 22.0 Å². The minimum Gasteiger partial charge on any atom is -0.454 e. The van der Waals surface area contributed by atoms with Gasteiger partial charge >= 0.3 is 0 Å². The Balaban J connectivity index is 1.41. The number of carbonyl (C=O) groups excluding carboxylic acids is 1. The second-order valence-corrected chi connectivity index (χ2v) is 7.56. The number of anilines is 2. The number of fused-ring (bicyclic) bond motifs is 1. The summed E-state index contributed by atoms with van der Waals surface area (Å²) in [6, 6.07) is 20.7. The topological polar surface area (TPSA) is 59.6 Å². The predicted molar refractivity (Wildman–Crippen MR) is 111 cm³/mol. The van der Waals surface area contributed by atoms with E-state index in [0.717, 1.165) is 20.7 Å². The third kappa shape index (κ3) is 4.37. The molecule has 0 bridgehead atoms. The number of amides is 1. The fourth-order valence-corrected chi connectivity index (χ4v) is 3.48. The first-order valence-corrected chi connectivity index (χ1v) is 9.78. The first-order chi connectivity index (χ1) is 13.2. The number of halogens is 1. The van der Waals surface area contributed by atoms with Crippen molar-refractivity contribution in [3.8, 4) is 11.5 Å². The summed E-state index contributed by atoms with van der Waals surface area (Å²) in [5.74, 6) is 1.05. The summed E-state index contributed by atoms with van der Waals surface area (Å²) in [6.45, 7) is 0.186. The molecule has 7 heteroatoms. The van der Waals surface area contributed by atoms with Crippen molar-refractivity contribution in [3.63, 3.8) is 0 Å². The lowest BCUT2D eigenvalue weighted by Gasteiger charge is -2.09. The highest BCUT2D eigenvalue weighted by Crippen LogP contribution is 2.33. The number of carbonyl (C=O) groups is 1. The van der Waals surface area contributed by atoms with Crippen LogP contribution in [0.5, 0.6) is 11.5 Å². The van der Waals surface area contributed by atoms with E-state index in [1.165, 1.54) is 11.9 Å². The first kappa shape index (κ1) is 17.8. The second kappa shape index (κ2) is 7.94. The fourth-order valence-electron chi connectivity index (χ4n) is 2.51. The number of hydrogen-bond acceptors (Lipinski definition) is 5. The van der Waals surface area contributed by atoms with E-state index in [-0.39, 0.29) is 12.7 Å². The zero-order valence-electron chi connectivity index (χ0n) is 14.1. The monoisotopic (exact) mass is 442 g/mol. The van der Waals surface area contributed by atoms with E-state index in [9.17, 15) is 4.79 Å². The van der Waals surface area contributed by atoms with Crippen molar-refractivity contribution in [2.75, 3.05) is 16.8 Å². The van der Waals surface area contributed by atoms with Crippen LogP contribution in [0.2, 0.25) is 0 Å². The molecule has 0 unspecified atom stereocenters. The SMILES string of the molecule is O=C(Nc1cccc(SNc2ccc(Br)cc2)c1)c1ccc2c(c1)OCO2. The van der Waals surface area contributed by atoms with Gasteiger partial charge < -0.3 is 19.5 Å². The van der Waals surface area contributed by atoms with Gasteiger partial charge in [-0.3, -0.25) is 4.79 Å². The lowest BCUT2D eigenvalue weighted by atomic mass is 10.2. The van der Waals surface area contributed by atoms with Gasteiger partial charge in [0.15, 0.2) is 11.5 Å². The van der Waals surface area contributed by atoms with Crippen molar-refractivity contribution in [2.24, 2.45) is 0 Å². The Morgan fingerprint density at radius 2 is 1.74 bits per heavy atom. The molecule has 0 spiro atoms. The summed E-state index contributed by atoms with van der Waals surface area (Å²) < 4.78 is 14.9. The van der Waals surface area contributed by atoms with Gasteiger partial charge in [0.2, 0.25) is 6.79 Å². The molecule has 0 fully saturated rings. The molecule has 27 heavy (non-hydrogen) atoms. The molecule has 1 heterocycles. The Morgan fingerprint density at radius 3 is 2.59 bits per heavy atom. The predicted octanol–water partition coefficient (Wildman–Crippen LogP) is 5.55. The fraction of sp³-hybridized carbons (Fsp3) is 0.0500. The minimum absolute atomic E-state index is 0.186. The van der Waals surface area contributed by atoms with Crippen LogP contribution in [-0.2, 0) is 0 Å². The Morgan fingerprint density at radius 1 is 0.926 bits per heavy atom. The van der Waals surface area contributed by atoms with E-state index in [4.69, 9.17) is 9.47 Å². The lowest BCUT2D eigenvalue weighted by molar-refractivity contribution is 0.102. The highest BCUT2D eigenvalue weighted by molar-refractivity contribution is 9.10. The molecule has 136 valence electrons. The van der Waals surface area contributed by atoms with Crippen molar-refractivity contribution in [1.29, 1.82) is 0 Å². The van der Waals surface area contributed by atoms with Crippen molar-refractivity contribution < 1.29 is 14.3 Å². The third-order valence-electron chi connectivity index (χ3n) is 3.86. The molecule has 4 rings (SSSR count). The van der Waals surface area contributed by atoms with E-state index < -0.39 is 0 Å². The third-order valence-corrected chi connectivity index (χ3v) is 5.21. The molecular weight excluding hydrogens is 428 g/mol. The molecule has 0 radical (unpaired) electrons. The molecule has 2 N–H and O–H groups in total. The van der Waals surface area contributed by atoms with E-state index in [1.807, 2.05) is 48.5 Å². The molecule has 0 saturated carbocycles. The lowest BCUT2D eigenvalue weighted by Crippen LogP contribution is -2.11. The number of ether oxygens (including phenoxy) is 2. The highest BCUT2D eigenvalue weighted by Gasteiger charge is 2.16. The number of benzene rings is 3. The van der Waals surface area contributed by atoms with Gasteiger partial charge in [-0.25, -0.2) is 0 Å². The second-order valence-electron chi connectivity index (χ2n) is 5.76. The maximum absolute atomic E-state index is 12.5. The molecule has 0 aliphatic carbocycles. The Hall–Kier alpha value is -2.64. The van der Waals surface area contributed by atoms with Crippen molar-refractivity contribution in [2.45, 2.75) is 4.90 Å². The first-order valence-electron chi connectivity index (χ1n) is 8.17. The summed E-state index contributed by atoms with van der Waals surface area (Å²) in [5.41, 5.74) is 2.24. The number of hydrogen-bond donors (Lipinski definition) is 2. The van der Waals surface area contributed by atoms with Crippen LogP contribution in [0.25, 0.3) is 0 Å². The average Bonchev–Trinajstić information content (AvgIpc) is 3.16. The summed E-state index contributed by atoms with van der Waals surface area (Å²) >= 11 is 4.90. The summed E-state index contributed by atoms with van der Waals surface area (Å²) in [5, 5.41) is 2.91. The standard InChI is InChI=1S/C20H15BrN2O3S/c21-14-5-7-15(8-6-14)23-27-17-3-1-2-16(11-17)22-20(24)13-4-9-18-19(10-13)26-12-25-18/h1-11,23H,12H2,(H,22,24). The number of nitrogens with one attached hydrogen (secondary N) is 2. The van der Waals surface area contributed by atoms with Gasteiger partial charge in [-0.05, 0) is 72.6 Å². The Bertz CT molecular complexity index is 979. The van der Waals surface area contributed by atoms with Crippen LogP contribution in [0.3, 0.4) is 0 Å². The quantitative estimate of drug-likeness (QED) is 0.507. The van der Waals surface area contributed by atoms with E-state index in [1.54, 1.807) is 18.2 Å². The van der Waals surface area contributed by atoms with E-state index in [0.29, 0.717) is 17.1 Å². The Kier molecular flexibility index (Phi) is 5.22. The van der Waals surface area contributed by atoms with E-state index >= 15 is 0 Å². The van der Waals surface area contributed by atoms with Crippen LogP contribution in [0.15, 0.2) is 76.1 Å². The molecule has 3 aromatic rings. The highest BCUT2D eigenvalue weighted by atomic mass is 79.9. The van der Waals surface area contributed by atoms with E-state index in [2.05, 4.69) is 26.0 Å². The molecule has 0 aromatic heterocycles. The van der Waals surface area contributed by atoms with Gasteiger partial charge in [0.05, 0.1) is 0 Å². The van der Waals surface area contributed by atoms with Crippen LogP contribution >= 0.6 is 27.9 Å². The molecule has 1 amide bonds. The maximum atomic E-state index is 12.5. The number of rotatable bonds is 5. The smallest absolute Gasteiger partial charge is 0.255 e. The molecule has 1 aliphatic heterocycles. The van der Waals surface area contributed by atoms with Crippen LogP contribution < -0.4 is 19.5 Å². The molecule has 5 nitrogen and oxygen atoms in total. The largest absolute Gasteiger partial charge is 0.454 e. The van der Waals surface area contributed by atoms with Crippen molar-refractivity contribution >= 4 is 45.2 Å². The molecule has 0 saturated heterocycles. The molecule has 3 aromatic carbocycles. The van der Waals surface area contributed by atoms with Gasteiger partial charge in [-0.2, -0.15) is 0 Å². The summed E-state index contributed by atoms with van der Waals surface area (Å²) in [4.78, 5) is 13.5. The van der Waals surface area contributed by atoms with Gasteiger partial charge in [0, 0.05) is 26.3 Å². The molecule has 1 aliphatic rings.